The SMILES string of the molecule is CCCCN(NC(=O)OCC)C(=O)O. The molecule has 0 heterocycles. The second-order valence-corrected chi connectivity index (χ2v) is 2.62. The highest BCUT2D eigenvalue weighted by Crippen LogP contribution is 1.93. The Balaban J connectivity index is 3.95. The van der Waals surface area contributed by atoms with Gasteiger partial charge >= 0.3 is 12.2 Å². The maximum absolute atomic E-state index is 10.9. The zero-order valence-electron chi connectivity index (χ0n) is 8.45. The largest absolute Gasteiger partial charge is 0.464 e. The summed E-state index contributed by atoms with van der Waals surface area (Å²) in [7, 11) is 0. The summed E-state index contributed by atoms with van der Waals surface area (Å²) < 4.78 is 4.55. The zero-order valence-corrected chi connectivity index (χ0v) is 8.45. The second kappa shape index (κ2) is 6.99. The summed E-state index contributed by atoms with van der Waals surface area (Å²) in [5.74, 6) is 0. The van der Waals surface area contributed by atoms with Crippen molar-refractivity contribution in [3.8, 4) is 0 Å². The molecular weight excluding hydrogens is 188 g/mol. The van der Waals surface area contributed by atoms with Gasteiger partial charge in [-0.3, -0.25) is 0 Å². The van der Waals surface area contributed by atoms with Crippen molar-refractivity contribution >= 4 is 12.2 Å². The highest BCUT2D eigenvalue weighted by Gasteiger charge is 2.14. The van der Waals surface area contributed by atoms with Crippen LogP contribution in [0.25, 0.3) is 0 Å². The molecule has 2 amide bonds. The van der Waals surface area contributed by atoms with Crippen LogP contribution in [0.1, 0.15) is 26.7 Å². The quantitative estimate of drug-likeness (QED) is 0.679. The average Bonchev–Trinajstić information content (AvgIpc) is 2.12. The van der Waals surface area contributed by atoms with Crippen molar-refractivity contribution in [2.75, 3.05) is 13.2 Å². The molecule has 0 aromatic carbocycles. The van der Waals surface area contributed by atoms with Crippen LogP contribution in [0, 0.1) is 0 Å². The number of hydrazine groups is 1. The van der Waals surface area contributed by atoms with Crippen molar-refractivity contribution in [3.05, 3.63) is 0 Å². The number of nitrogens with one attached hydrogen (secondary N) is 1. The molecule has 6 nitrogen and oxygen atoms in total. The van der Waals surface area contributed by atoms with Gasteiger partial charge < -0.3 is 9.84 Å². The number of amides is 2. The van der Waals surface area contributed by atoms with Gasteiger partial charge in [-0.25, -0.2) is 20.0 Å². The molecule has 0 aliphatic carbocycles. The van der Waals surface area contributed by atoms with Crippen molar-refractivity contribution in [2.24, 2.45) is 0 Å². The summed E-state index contributed by atoms with van der Waals surface area (Å²) in [6.45, 7) is 4.07. The van der Waals surface area contributed by atoms with Gasteiger partial charge in [0.05, 0.1) is 6.61 Å². The van der Waals surface area contributed by atoms with Gasteiger partial charge in [0, 0.05) is 6.54 Å². The number of carbonyl (C=O) groups excluding carboxylic acids is 1. The lowest BCUT2D eigenvalue weighted by Crippen LogP contribution is -2.46. The Hall–Kier alpha value is -1.46. The topological polar surface area (TPSA) is 78.9 Å². The Labute approximate surface area is 82.8 Å². The molecule has 0 radical (unpaired) electrons. The van der Waals surface area contributed by atoms with Gasteiger partial charge in [0.25, 0.3) is 0 Å². The highest BCUT2D eigenvalue weighted by molar-refractivity contribution is 5.72. The van der Waals surface area contributed by atoms with Crippen molar-refractivity contribution in [1.29, 1.82) is 0 Å². The van der Waals surface area contributed by atoms with Crippen LogP contribution in [0.15, 0.2) is 0 Å². The van der Waals surface area contributed by atoms with E-state index >= 15 is 0 Å². The van der Waals surface area contributed by atoms with E-state index in [0.29, 0.717) is 6.42 Å². The highest BCUT2D eigenvalue weighted by atomic mass is 16.6. The van der Waals surface area contributed by atoms with Crippen LogP contribution in [0.4, 0.5) is 9.59 Å². The summed E-state index contributed by atoms with van der Waals surface area (Å²) in [6.07, 6.45) is -0.384. The molecular formula is C8H16N2O4. The molecule has 0 fully saturated rings. The first-order valence-electron chi connectivity index (χ1n) is 4.55. The normalized spacial score (nSPS) is 9.29. The van der Waals surface area contributed by atoms with E-state index in [1.54, 1.807) is 6.92 Å². The van der Waals surface area contributed by atoms with Crippen molar-refractivity contribution in [3.63, 3.8) is 0 Å². The second-order valence-electron chi connectivity index (χ2n) is 2.62. The van der Waals surface area contributed by atoms with Gasteiger partial charge in [-0.05, 0) is 13.3 Å². The first-order chi connectivity index (χ1) is 6.61. The van der Waals surface area contributed by atoms with E-state index in [9.17, 15) is 9.59 Å². The third kappa shape index (κ3) is 5.23. The fourth-order valence-corrected chi connectivity index (χ4v) is 0.789. The van der Waals surface area contributed by atoms with Gasteiger partial charge in [-0.15, -0.1) is 0 Å². The molecule has 0 bridgehead atoms. The van der Waals surface area contributed by atoms with Crippen LogP contribution >= 0.6 is 0 Å². The molecule has 0 aromatic heterocycles. The minimum Gasteiger partial charge on any atom is -0.464 e. The molecule has 0 rings (SSSR count). The fraction of sp³-hybridized carbons (Fsp3) is 0.750. The molecule has 0 spiro atoms. The summed E-state index contributed by atoms with van der Waals surface area (Å²) in [4.78, 5) is 21.5. The molecule has 0 aliphatic heterocycles. The van der Waals surface area contributed by atoms with Crippen molar-refractivity contribution < 1.29 is 19.4 Å². The van der Waals surface area contributed by atoms with Crippen LogP contribution in [0.3, 0.4) is 0 Å². The first-order valence-corrected chi connectivity index (χ1v) is 4.55. The third-order valence-electron chi connectivity index (χ3n) is 1.47. The lowest BCUT2D eigenvalue weighted by Gasteiger charge is -2.18. The van der Waals surface area contributed by atoms with E-state index in [1.165, 1.54) is 0 Å². The number of hydrogen-bond donors (Lipinski definition) is 2. The third-order valence-corrected chi connectivity index (χ3v) is 1.47. The summed E-state index contributed by atoms with van der Waals surface area (Å²) >= 11 is 0. The number of unbranched alkanes of at least 4 members (excludes halogenated alkanes) is 1. The van der Waals surface area contributed by atoms with E-state index in [2.05, 4.69) is 10.2 Å². The minimum absolute atomic E-state index is 0.215. The first kappa shape index (κ1) is 12.5. The number of rotatable bonds is 4. The predicted octanol–water partition coefficient (Wildman–Crippen LogP) is 1.43. The van der Waals surface area contributed by atoms with Crippen LogP contribution in [-0.4, -0.2) is 35.5 Å². The minimum atomic E-state index is -1.19. The molecule has 0 aromatic rings. The smallest absolute Gasteiger partial charge is 0.426 e. The van der Waals surface area contributed by atoms with E-state index in [0.717, 1.165) is 11.4 Å². The molecule has 0 atom stereocenters. The lowest BCUT2D eigenvalue weighted by atomic mass is 10.3. The lowest BCUT2D eigenvalue weighted by molar-refractivity contribution is 0.0941. The molecule has 0 saturated carbocycles. The summed E-state index contributed by atoms with van der Waals surface area (Å²) in [6, 6.07) is 0. The molecule has 82 valence electrons. The predicted molar refractivity (Wildman–Crippen MR) is 49.8 cm³/mol. The Morgan fingerprint density at radius 1 is 1.43 bits per heavy atom. The van der Waals surface area contributed by atoms with Crippen molar-refractivity contribution in [2.45, 2.75) is 26.7 Å². The number of nitrogens with zero attached hydrogens (tertiary/aromatic N) is 1. The van der Waals surface area contributed by atoms with E-state index in [-0.39, 0.29) is 13.2 Å². The van der Waals surface area contributed by atoms with Gasteiger partial charge in [-0.2, -0.15) is 0 Å². The van der Waals surface area contributed by atoms with Gasteiger partial charge in [-0.1, -0.05) is 13.3 Å². The van der Waals surface area contributed by atoms with E-state index < -0.39 is 12.2 Å². The molecule has 2 N–H and O–H groups in total. The fourth-order valence-electron chi connectivity index (χ4n) is 0.789. The summed E-state index contributed by atoms with van der Waals surface area (Å²) in [5.41, 5.74) is 2.12. The summed E-state index contributed by atoms with van der Waals surface area (Å²) in [5, 5.41) is 9.49. The standard InChI is InChI=1S/C8H16N2O4/c1-3-5-6-10(8(12)13)9-7(11)14-4-2/h3-6H2,1-2H3,(H,9,11)(H,12,13). The van der Waals surface area contributed by atoms with Crippen LogP contribution in [0.5, 0.6) is 0 Å². The van der Waals surface area contributed by atoms with Crippen molar-refractivity contribution in [1.82, 2.24) is 10.4 Å². The molecule has 0 aliphatic rings. The average molecular weight is 204 g/mol. The Morgan fingerprint density at radius 2 is 2.07 bits per heavy atom. The monoisotopic (exact) mass is 204 g/mol. The zero-order chi connectivity index (χ0) is 11.0. The molecule has 14 heavy (non-hydrogen) atoms. The Morgan fingerprint density at radius 3 is 2.50 bits per heavy atom. The number of hydrogen-bond acceptors (Lipinski definition) is 3. The Bertz CT molecular complexity index is 196. The van der Waals surface area contributed by atoms with E-state index in [4.69, 9.17) is 5.11 Å². The number of carbonyl (C=O) groups is 2. The van der Waals surface area contributed by atoms with Gasteiger partial charge in [0.1, 0.15) is 0 Å². The Kier molecular flexibility index (Phi) is 6.26. The van der Waals surface area contributed by atoms with Crippen LogP contribution in [-0.2, 0) is 4.74 Å². The van der Waals surface area contributed by atoms with Gasteiger partial charge in [0.2, 0.25) is 0 Å². The number of carboxylic acid groups (broad SMARTS) is 1. The van der Waals surface area contributed by atoms with E-state index in [1.807, 2.05) is 6.92 Å². The maximum atomic E-state index is 10.9. The molecule has 0 saturated heterocycles. The molecule has 6 heteroatoms. The molecule has 0 unspecified atom stereocenters. The number of ether oxygens (including phenoxy) is 1. The van der Waals surface area contributed by atoms with Gasteiger partial charge in [0.15, 0.2) is 0 Å². The van der Waals surface area contributed by atoms with Crippen LogP contribution in [0.2, 0.25) is 0 Å². The maximum Gasteiger partial charge on any atom is 0.426 e. The van der Waals surface area contributed by atoms with Crippen LogP contribution < -0.4 is 5.43 Å².